The Morgan fingerprint density at radius 3 is 2.73 bits per heavy atom. The molecule has 1 saturated carbocycles. The van der Waals surface area contributed by atoms with E-state index in [1.165, 1.54) is 24.0 Å². The lowest BCUT2D eigenvalue weighted by molar-refractivity contribution is 0.104. The van der Waals surface area contributed by atoms with E-state index < -0.39 is 0 Å². The fourth-order valence-electron chi connectivity index (χ4n) is 2.60. The lowest BCUT2D eigenvalue weighted by atomic mass is 9.79. The zero-order valence-electron chi connectivity index (χ0n) is 8.71. The average molecular weight is 199 g/mol. The third-order valence-electron chi connectivity index (χ3n) is 3.68. The molecule has 1 fully saturated rings. The second-order valence-electron chi connectivity index (χ2n) is 4.58. The van der Waals surface area contributed by atoms with Crippen LogP contribution in [0.25, 0.3) is 0 Å². The zero-order chi connectivity index (χ0) is 10.6. The molecule has 15 heavy (non-hydrogen) atoms. The predicted molar refractivity (Wildman–Crippen MR) is 59.9 cm³/mol. The number of hydrogen-bond donors (Lipinski definition) is 1. The Kier molecular flexibility index (Phi) is 1.46. The summed E-state index contributed by atoms with van der Waals surface area (Å²) in [6.45, 7) is 2.06. The van der Waals surface area contributed by atoms with Crippen molar-refractivity contribution in [3.8, 4) is 0 Å². The summed E-state index contributed by atoms with van der Waals surface area (Å²) in [5.41, 5.74) is 9.76. The maximum atomic E-state index is 11.8. The highest BCUT2D eigenvalue weighted by atomic mass is 16.1. The largest absolute Gasteiger partial charge is 0.399 e. The summed E-state index contributed by atoms with van der Waals surface area (Å²) < 4.78 is 0. The van der Waals surface area contributed by atoms with Gasteiger partial charge in [0.25, 0.3) is 0 Å². The smallest absolute Gasteiger partial charge is 0.186 e. The van der Waals surface area contributed by atoms with Gasteiger partial charge in [0, 0.05) is 16.7 Å². The second-order valence-corrected chi connectivity index (χ2v) is 4.58. The minimum Gasteiger partial charge on any atom is -0.399 e. The third kappa shape index (κ3) is 1.02. The highest BCUT2D eigenvalue weighted by molar-refractivity contribution is 6.09. The molecule has 1 aromatic rings. The molecular weight excluding hydrogens is 186 g/mol. The first-order chi connectivity index (χ1) is 7.13. The Hall–Kier alpha value is -1.57. The number of allylic oxidation sites excluding steroid dienone is 2. The number of anilines is 1. The minimum atomic E-state index is 0.104. The molecule has 3 rings (SSSR count). The van der Waals surface area contributed by atoms with E-state index in [-0.39, 0.29) is 11.2 Å². The molecule has 2 N–H and O–H groups in total. The molecule has 1 aromatic carbocycles. The lowest BCUT2D eigenvalue weighted by Crippen LogP contribution is -2.20. The Bertz CT molecular complexity index is 495. The van der Waals surface area contributed by atoms with Crippen LogP contribution in [0.2, 0.25) is 0 Å². The molecule has 0 aromatic heterocycles. The minimum absolute atomic E-state index is 0.104. The van der Waals surface area contributed by atoms with Crippen molar-refractivity contribution in [2.75, 3.05) is 5.73 Å². The van der Waals surface area contributed by atoms with Crippen molar-refractivity contribution in [1.82, 2.24) is 0 Å². The SMILES string of the molecule is CC1=CC(=O)c2cc(N)ccc2C12CC2. The van der Waals surface area contributed by atoms with E-state index in [0.29, 0.717) is 5.69 Å². The van der Waals surface area contributed by atoms with E-state index >= 15 is 0 Å². The molecule has 1 spiro atoms. The van der Waals surface area contributed by atoms with Gasteiger partial charge in [-0.15, -0.1) is 0 Å². The summed E-state index contributed by atoms with van der Waals surface area (Å²) in [7, 11) is 0. The van der Waals surface area contributed by atoms with Crippen molar-refractivity contribution in [1.29, 1.82) is 0 Å². The van der Waals surface area contributed by atoms with E-state index in [0.717, 1.165) is 5.56 Å². The molecule has 0 aliphatic heterocycles. The molecule has 2 nitrogen and oxygen atoms in total. The highest BCUT2D eigenvalue weighted by Crippen LogP contribution is 2.56. The summed E-state index contributed by atoms with van der Waals surface area (Å²) >= 11 is 0. The van der Waals surface area contributed by atoms with Crippen LogP contribution >= 0.6 is 0 Å². The molecule has 0 saturated heterocycles. The van der Waals surface area contributed by atoms with E-state index in [1.807, 2.05) is 12.1 Å². The maximum absolute atomic E-state index is 11.8. The second kappa shape index (κ2) is 2.51. The fourth-order valence-corrected chi connectivity index (χ4v) is 2.60. The zero-order valence-corrected chi connectivity index (χ0v) is 8.71. The van der Waals surface area contributed by atoms with Crippen LogP contribution in [-0.2, 0) is 5.41 Å². The van der Waals surface area contributed by atoms with E-state index in [9.17, 15) is 4.79 Å². The quantitative estimate of drug-likeness (QED) is 0.652. The van der Waals surface area contributed by atoms with E-state index in [4.69, 9.17) is 5.73 Å². The summed E-state index contributed by atoms with van der Waals surface area (Å²) in [4.78, 5) is 11.8. The number of nitrogens with two attached hydrogens (primary N) is 1. The Morgan fingerprint density at radius 1 is 1.33 bits per heavy atom. The van der Waals surface area contributed by atoms with Gasteiger partial charge >= 0.3 is 0 Å². The predicted octanol–water partition coefficient (Wildman–Crippen LogP) is 2.44. The van der Waals surface area contributed by atoms with E-state index in [1.54, 1.807) is 12.1 Å². The standard InChI is InChI=1S/C13H13NO/c1-8-6-12(15)10-7-9(14)2-3-11(10)13(8)4-5-13/h2-3,6-7H,4-5,14H2,1H3. The molecule has 2 heteroatoms. The summed E-state index contributed by atoms with van der Waals surface area (Å²) in [5, 5.41) is 0. The van der Waals surface area contributed by atoms with E-state index in [2.05, 4.69) is 6.92 Å². The van der Waals surface area contributed by atoms with Crippen LogP contribution in [0, 0.1) is 0 Å². The van der Waals surface area contributed by atoms with Crippen LogP contribution in [0.3, 0.4) is 0 Å². The third-order valence-corrected chi connectivity index (χ3v) is 3.68. The van der Waals surface area contributed by atoms with Crippen molar-refractivity contribution >= 4 is 11.5 Å². The van der Waals surface area contributed by atoms with Crippen molar-refractivity contribution in [2.24, 2.45) is 0 Å². The van der Waals surface area contributed by atoms with Crippen molar-refractivity contribution in [2.45, 2.75) is 25.2 Å². The van der Waals surface area contributed by atoms with Gasteiger partial charge < -0.3 is 5.73 Å². The number of ketones is 1. The van der Waals surface area contributed by atoms with Crippen LogP contribution in [-0.4, -0.2) is 5.78 Å². The van der Waals surface area contributed by atoms with Gasteiger partial charge in [-0.2, -0.15) is 0 Å². The molecule has 0 bridgehead atoms. The van der Waals surface area contributed by atoms with Crippen molar-refractivity contribution < 1.29 is 4.79 Å². The molecule has 0 amide bonds. The summed E-state index contributed by atoms with van der Waals surface area (Å²) in [5.74, 6) is 0.104. The first-order valence-electron chi connectivity index (χ1n) is 5.27. The number of fused-ring (bicyclic) bond motifs is 2. The first-order valence-corrected chi connectivity index (χ1v) is 5.27. The monoisotopic (exact) mass is 199 g/mol. The van der Waals surface area contributed by atoms with Crippen LogP contribution in [0.1, 0.15) is 35.7 Å². The maximum Gasteiger partial charge on any atom is 0.186 e. The molecule has 76 valence electrons. The van der Waals surface area contributed by atoms with Crippen LogP contribution in [0.15, 0.2) is 29.8 Å². The van der Waals surface area contributed by atoms with Gasteiger partial charge in [-0.25, -0.2) is 0 Å². The Labute approximate surface area is 88.8 Å². The number of rotatable bonds is 0. The summed E-state index contributed by atoms with van der Waals surface area (Å²) in [6, 6.07) is 5.72. The first kappa shape index (κ1) is 8.72. The van der Waals surface area contributed by atoms with Gasteiger partial charge in [0.2, 0.25) is 0 Å². The van der Waals surface area contributed by atoms with Gasteiger partial charge in [-0.05, 0) is 43.5 Å². The molecular formula is C13H13NO. The molecule has 0 unspecified atom stereocenters. The normalized spacial score (nSPS) is 21.1. The lowest BCUT2D eigenvalue weighted by Gasteiger charge is -2.24. The van der Waals surface area contributed by atoms with Crippen molar-refractivity contribution in [3.05, 3.63) is 41.0 Å². The fraction of sp³-hybridized carbons (Fsp3) is 0.308. The van der Waals surface area contributed by atoms with Crippen LogP contribution in [0.4, 0.5) is 5.69 Å². The molecule has 0 heterocycles. The van der Waals surface area contributed by atoms with Gasteiger partial charge in [-0.1, -0.05) is 11.6 Å². The van der Waals surface area contributed by atoms with Gasteiger partial charge in [0.1, 0.15) is 0 Å². The topological polar surface area (TPSA) is 43.1 Å². The Morgan fingerprint density at radius 2 is 2.07 bits per heavy atom. The number of benzene rings is 1. The molecule has 0 atom stereocenters. The van der Waals surface area contributed by atoms with Gasteiger partial charge in [0.15, 0.2) is 5.78 Å². The number of carbonyl (C=O) groups excluding carboxylic acids is 1. The van der Waals surface area contributed by atoms with Crippen molar-refractivity contribution in [3.63, 3.8) is 0 Å². The van der Waals surface area contributed by atoms with Gasteiger partial charge in [-0.3, -0.25) is 4.79 Å². The number of carbonyl (C=O) groups is 1. The molecule has 0 radical (unpaired) electrons. The molecule has 2 aliphatic rings. The summed E-state index contributed by atoms with van der Waals surface area (Å²) in [6.07, 6.45) is 4.10. The van der Waals surface area contributed by atoms with Crippen LogP contribution < -0.4 is 5.73 Å². The average Bonchev–Trinajstić information content (AvgIpc) is 2.96. The Balaban J connectivity index is 2.27. The number of hydrogen-bond acceptors (Lipinski definition) is 2. The molecule has 2 aliphatic carbocycles. The highest BCUT2D eigenvalue weighted by Gasteiger charge is 2.49. The van der Waals surface area contributed by atoms with Gasteiger partial charge in [0.05, 0.1) is 0 Å². The van der Waals surface area contributed by atoms with Crippen LogP contribution in [0.5, 0.6) is 0 Å². The number of nitrogen functional groups attached to an aromatic ring is 1.